The van der Waals surface area contributed by atoms with Gasteiger partial charge in [0.25, 0.3) is 0 Å². The van der Waals surface area contributed by atoms with Gasteiger partial charge in [-0.15, -0.1) is 10.2 Å². The Morgan fingerprint density at radius 1 is 1.25 bits per heavy atom. The number of nitrogens with zero attached hydrogens (tertiary/aromatic N) is 6. The molecule has 0 bridgehead atoms. The molecular formula is C17H18N6O. The average molecular weight is 322 g/mol. The zero-order chi connectivity index (χ0) is 15.9. The molecule has 0 radical (unpaired) electrons. The van der Waals surface area contributed by atoms with Crippen LogP contribution in [0.3, 0.4) is 0 Å². The van der Waals surface area contributed by atoms with Crippen molar-refractivity contribution in [1.29, 1.82) is 0 Å². The zero-order valence-corrected chi connectivity index (χ0v) is 13.2. The Morgan fingerprint density at radius 3 is 3.04 bits per heavy atom. The molecule has 3 aromatic rings. The first-order valence-electron chi connectivity index (χ1n) is 8.36. The predicted octanol–water partition coefficient (Wildman–Crippen LogP) is 1.97. The second kappa shape index (κ2) is 5.52. The molecule has 5 rings (SSSR count). The van der Waals surface area contributed by atoms with E-state index in [4.69, 9.17) is 4.74 Å². The first-order valence-corrected chi connectivity index (χ1v) is 8.36. The highest BCUT2D eigenvalue weighted by Crippen LogP contribution is 2.40. The lowest BCUT2D eigenvalue weighted by molar-refractivity contribution is 0.0396. The molecular weight excluding hydrogens is 304 g/mol. The molecule has 2 fully saturated rings. The standard InChI is InChI=1S/C17H18N6O/c1-2-13(9-18-5-1)16-10-22(6-7-24-16)15-8-14(12-3-4-12)21-23-11-19-20-17(15)23/h1-2,5,8-9,11-12,16H,3-4,6-7,10H2. The van der Waals surface area contributed by atoms with Gasteiger partial charge in [-0.1, -0.05) is 6.07 Å². The lowest BCUT2D eigenvalue weighted by atomic mass is 10.1. The molecule has 1 atom stereocenters. The third-order valence-electron chi connectivity index (χ3n) is 4.73. The van der Waals surface area contributed by atoms with Crippen LogP contribution in [0.15, 0.2) is 36.9 Å². The molecule has 3 aromatic heterocycles. The Balaban J connectivity index is 1.51. The molecule has 0 spiro atoms. The van der Waals surface area contributed by atoms with Crippen molar-refractivity contribution >= 4 is 11.3 Å². The van der Waals surface area contributed by atoms with E-state index in [-0.39, 0.29) is 6.10 Å². The summed E-state index contributed by atoms with van der Waals surface area (Å²) >= 11 is 0. The van der Waals surface area contributed by atoms with Gasteiger partial charge in [0.15, 0.2) is 0 Å². The van der Waals surface area contributed by atoms with Crippen LogP contribution in [0.25, 0.3) is 5.65 Å². The van der Waals surface area contributed by atoms with Crippen molar-refractivity contribution in [2.45, 2.75) is 24.9 Å². The van der Waals surface area contributed by atoms with Crippen LogP contribution in [0.5, 0.6) is 0 Å². The summed E-state index contributed by atoms with van der Waals surface area (Å²) in [5, 5.41) is 13.0. The van der Waals surface area contributed by atoms with Gasteiger partial charge in [0.1, 0.15) is 12.4 Å². The van der Waals surface area contributed by atoms with E-state index in [1.165, 1.54) is 12.8 Å². The maximum atomic E-state index is 5.96. The maximum Gasteiger partial charge on any atom is 0.200 e. The monoisotopic (exact) mass is 322 g/mol. The Kier molecular flexibility index (Phi) is 3.19. The van der Waals surface area contributed by atoms with Gasteiger partial charge in [-0.25, -0.2) is 0 Å². The first kappa shape index (κ1) is 13.9. The van der Waals surface area contributed by atoms with Crippen molar-refractivity contribution in [2.75, 3.05) is 24.6 Å². The third-order valence-corrected chi connectivity index (χ3v) is 4.73. The summed E-state index contributed by atoms with van der Waals surface area (Å²) in [5.41, 5.74) is 4.16. The minimum atomic E-state index is 0.0213. The highest BCUT2D eigenvalue weighted by molar-refractivity contribution is 5.69. The topological polar surface area (TPSA) is 68.4 Å². The molecule has 7 heteroatoms. The molecule has 1 unspecified atom stereocenters. The number of anilines is 1. The SMILES string of the molecule is c1cncc(C2CN(c3cc(C4CC4)nn4cnnc34)CCO2)c1. The smallest absolute Gasteiger partial charge is 0.200 e. The number of morpholine rings is 1. The van der Waals surface area contributed by atoms with Gasteiger partial charge in [-0.05, 0) is 25.0 Å². The Hall–Kier alpha value is -2.54. The summed E-state index contributed by atoms with van der Waals surface area (Å²) in [5.74, 6) is 0.589. The van der Waals surface area contributed by atoms with Gasteiger partial charge < -0.3 is 9.64 Å². The van der Waals surface area contributed by atoms with E-state index in [2.05, 4.69) is 37.3 Å². The maximum absolute atomic E-state index is 5.96. The van der Waals surface area contributed by atoms with Crippen LogP contribution in [0.2, 0.25) is 0 Å². The fraction of sp³-hybridized carbons (Fsp3) is 0.412. The van der Waals surface area contributed by atoms with Crippen molar-refractivity contribution in [3.05, 3.63) is 48.2 Å². The number of hydrogen-bond acceptors (Lipinski definition) is 6. The normalized spacial score (nSPS) is 21.3. The molecule has 1 saturated heterocycles. The minimum absolute atomic E-state index is 0.0213. The van der Waals surface area contributed by atoms with Crippen LogP contribution < -0.4 is 4.90 Å². The van der Waals surface area contributed by atoms with Crippen LogP contribution in [0.1, 0.15) is 36.1 Å². The van der Waals surface area contributed by atoms with Gasteiger partial charge in [0.05, 0.1) is 18.0 Å². The molecule has 1 aliphatic heterocycles. The highest BCUT2D eigenvalue weighted by atomic mass is 16.5. The van der Waals surface area contributed by atoms with Crippen molar-refractivity contribution in [3.8, 4) is 0 Å². The van der Waals surface area contributed by atoms with Crippen molar-refractivity contribution in [2.24, 2.45) is 0 Å². The third kappa shape index (κ3) is 2.41. The summed E-state index contributed by atoms with van der Waals surface area (Å²) in [6.45, 7) is 2.30. The fourth-order valence-corrected chi connectivity index (χ4v) is 3.28. The van der Waals surface area contributed by atoms with Gasteiger partial charge >= 0.3 is 0 Å². The van der Waals surface area contributed by atoms with E-state index < -0.39 is 0 Å². The summed E-state index contributed by atoms with van der Waals surface area (Å²) in [6, 6.07) is 6.20. The number of hydrogen-bond donors (Lipinski definition) is 0. The summed E-state index contributed by atoms with van der Waals surface area (Å²) in [4.78, 5) is 6.54. The number of aromatic nitrogens is 5. The molecule has 4 heterocycles. The van der Waals surface area contributed by atoms with Gasteiger partial charge in [-0.2, -0.15) is 9.61 Å². The van der Waals surface area contributed by atoms with Crippen LogP contribution >= 0.6 is 0 Å². The average Bonchev–Trinajstić information content (AvgIpc) is 3.39. The van der Waals surface area contributed by atoms with Crippen molar-refractivity contribution in [3.63, 3.8) is 0 Å². The minimum Gasteiger partial charge on any atom is -0.370 e. The number of rotatable bonds is 3. The number of ether oxygens (including phenoxy) is 1. The van der Waals surface area contributed by atoms with E-state index in [0.717, 1.165) is 35.7 Å². The van der Waals surface area contributed by atoms with Crippen molar-refractivity contribution < 1.29 is 4.74 Å². The van der Waals surface area contributed by atoms with E-state index >= 15 is 0 Å². The van der Waals surface area contributed by atoms with E-state index in [0.29, 0.717) is 12.5 Å². The zero-order valence-electron chi connectivity index (χ0n) is 13.2. The molecule has 24 heavy (non-hydrogen) atoms. The second-order valence-corrected chi connectivity index (χ2v) is 6.42. The van der Waals surface area contributed by atoms with Crippen LogP contribution in [-0.2, 0) is 4.74 Å². The Morgan fingerprint density at radius 2 is 2.21 bits per heavy atom. The lowest BCUT2D eigenvalue weighted by Crippen LogP contribution is -2.38. The molecule has 2 aliphatic rings. The fourth-order valence-electron chi connectivity index (χ4n) is 3.28. The van der Waals surface area contributed by atoms with E-state index in [1.54, 1.807) is 17.0 Å². The lowest BCUT2D eigenvalue weighted by Gasteiger charge is -2.34. The number of pyridine rings is 1. The molecule has 0 amide bonds. The molecule has 0 aromatic carbocycles. The Labute approximate surface area is 139 Å². The van der Waals surface area contributed by atoms with Crippen LogP contribution in [-0.4, -0.2) is 44.5 Å². The largest absolute Gasteiger partial charge is 0.370 e. The summed E-state index contributed by atoms with van der Waals surface area (Å²) < 4.78 is 7.76. The van der Waals surface area contributed by atoms with E-state index in [9.17, 15) is 0 Å². The van der Waals surface area contributed by atoms with Gasteiger partial charge in [0.2, 0.25) is 5.65 Å². The summed E-state index contributed by atoms with van der Waals surface area (Å²) in [6.07, 6.45) is 7.82. The highest BCUT2D eigenvalue weighted by Gasteiger charge is 2.29. The summed E-state index contributed by atoms with van der Waals surface area (Å²) in [7, 11) is 0. The first-order chi connectivity index (χ1) is 11.9. The molecule has 1 saturated carbocycles. The second-order valence-electron chi connectivity index (χ2n) is 6.42. The quantitative estimate of drug-likeness (QED) is 0.734. The van der Waals surface area contributed by atoms with E-state index in [1.807, 2.05) is 12.3 Å². The molecule has 1 aliphatic carbocycles. The Bertz CT molecular complexity index is 860. The van der Waals surface area contributed by atoms with Crippen LogP contribution in [0, 0.1) is 0 Å². The predicted molar refractivity (Wildman–Crippen MR) is 87.9 cm³/mol. The van der Waals surface area contributed by atoms with Gasteiger partial charge in [0, 0.05) is 37.0 Å². The number of fused-ring (bicyclic) bond motifs is 1. The van der Waals surface area contributed by atoms with Crippen molar-refractivity contribution in [1.82, 2.24) is 24.8 Å². The van der Waals surface area contributed by atoms with Gasteiger partial charge in [-0.3, -0.25) is 4.98 Å². The molecule has 7 nitrogen and oxygen atoms in total. The molecule has 122 valence electrons. The van der Waals surface area contributed by atoms with Crippen LogP contribution in [0.4, 0.5) is 5.69 Å². The molecule has 0 N–H and O–H groups in total.